The molecule has 1 rings (SSSR count). The van der Waals surface area contributed by atoms with Crippen LogP contribution in [0, 0.1) is 5.92 Å². The summed E-state index contributed by atoms with van der Waals surface area (Å²) in [7, 11) is 1.63. The molecule has 0 radical (unpaired) electrons. The lowest BCUT2D eigenvalue weighted by Crippen LogP contribution is -2.20. The van der Waals surface area contributed by atoms with Crippen LogP contribution in [0.15, 0.2) is 0 Å². The lowest BCUT2D eigenvalue weighted by atomic mass is 10.00. The summed E-state index contributed by atoms with van der Waals surface area (Å²) in [6.45, 7) is 2.44. The largest absolute Gasteiger partial charge is 0.481 e. The highest BCUT2D eigenvalue weighted by Crippen LogP contribution is 2.28. The molecule has 76 valence electrons. The molecule has 1 N–H and O–H groups in total. The number of rotatable bonds is 4. The van der Waals surface area contributed by atoms with Crippen molar-refractivity contribution in [3.05, 3.63) is 0 Å². The molecule has 0 bridgehead atoms. The maximum Gasteiger partial charge on any atom is 0.309 e. The lowest BCUT2D eigenvalue weighted by Gasteiger charge is -2.09. The summed E-state index contributed by atoms with van der Waals surface area (Å²) in [5, 5.41) is 8.82. The number of carboxylic acids is 1. The second-order valence-electron chi connectivity index (χ2n) is 3.43. The normalized spacial score (nSPS) is 33.5. The third kappa shape index (κ3) is 2.67. The maximum atomic E-state index is 10.7. The van der Waals surface area contributed by atoms with Crippen LogP contribution in [0.3, 0.4) is 0 Å². The Morgan fingerprint density at radius 3 is 2.85 bits per heavy atom. The van der Waals surface area contributed by atoms with Gasteiger partial charge in [0, 0.05) is 13.7 Å². The first kappa shape index (κ1) is 10.5. The van der Waals surface area contributed by atoms with E-state index >= 15 is 0 Å². The fourth-order valence-electron chi connectivity index (χ4n) is 1.67. The molecular formula is C9H16O4. The van der Waals surface area contributed by atoms with Crippen LogP contribution in [0.2, 0.25) is 0 Å². The van der Waals surface area contributed by atoms with Gasteiger partial charge in [-0.3, -0.25) is 4.79 Å². The average molecular weight is 188 g/mol. The van der Waals surface area contributed by atoms with Crippen molar-refractivity contribution in [1.82, 2.24) is 0 Å². The van der Waals surface area contributed by atoms with Crippen LogP contribution in [0.5, 0.6) is 0 Å². The first-order chi connectivity index (χ1) is 6.15. The van der Waals surface area contributed by atoms with Crippen LogP contribution in [0.25, 0.3) is 0 Å². The quantitative estimate of drug-likeness (QED) is 0.712. The highest BCUT2D eigenvalue weighted by atomic mass is 16.5. The molecule has 1 aliphatic rings. The monoisotopic (exact) mass is 188 g/mol. The highest BCUT2D eigenvalue weighted by molar-refractivity contribution is 5.71. The van der Waals surface area contributed by atoms with Crippen LogP contribution in [-0.4, -0.2) is 37.0 Å². The van der Waals surface area contributed by atoms with E-state index in [1.807, 2.05) is 6.92 Å². The minimum Gasteiger partial charge on any atom is -0.481 e. The Hall–Kier alpha value is -0.610. The zero-order valence-electron chi connectivity index (χ0n) is 8.03. The Labute approximate surface area is 77.8 Å². The second-order valence-corrected chi connectivity index (χ2v) is 3.43. The number of ether oxygens (including phenoxy) is 2. The molecule has 3 unspecified atom stereocenters. The molecule has 0 aromatic carbocycles. The minimum atomic E-state index is -0.757. The van der Waals surface area contributed by atoms with Crippen molar-refractivity contribution in [1.29, 1.82) is 0 Å². The molecule has 1 saturated heterocycles. The van der Waals surface area contributed by atoms with Crippen LogP contribution in [-0.2, 0) is 14.3 Å². The molecule has 0 amide bonds. The van der Waals surface area contributed by atoms with E-state index in [9.17, 15) is 4.79 Å². The van der Waals surface area contributed by atoms with Gasteiger partial charge in [-0.05, 0) is 19.8 Å². The SMILES string of the molecule is COCCC1CC(C(=O)O)C(C)O1. The fraction of sp³-hybridized carbons (Fsp3) is 0.889. The molecule has 1 fully saturated rings. The van der Waals surface area contributed by atoms with Crippen molar-refractivity contribution in [3.8, 4) is 0 Å². The van der Waals surface area contributed by atoms with Gasteiger partial charge in [0.1, 0.15) is 0 Å². The molecular weight excluding hydrogens is 172 g/mol. The first-order valence-corrected chi connectivity index (χ1v) is 4.52. The Kier molecular flexibility index (Phi) is 3.69. The number of methoxy groups -OCH3 is 1. The van der Waals surface area contributed by atoms with Crippen molar-refractivity contribution >= 4 is 5.97 Å². The minimum absolute atomic E-state index is 0.0519. The predicted molar refractivity (Wildman–Crippen MR) is 46.6 cm³/mol. The summed E-state index contributed by atoms with van der Waals surface area (Å²) in [4.78, 5) is 10.7. The molecule has 4 nitrogen and oxygen atoms in total. The molecule has 1 aliphatic heterocycles. The molecule has 13 heavy (non-hydrogen) atoms. The summed E-state index contributed by atoms with van der Waals surface area (Å²) in [6.07, 6.45) is 1.28. The Balaban J connectivity index is 2.36. The molecule has 0 aliphatic carbocycles. The van der Waals surface area contributed by atoms with Gasteiger partial charge < -0.3 is 14.6 Å². The van der Waals surface area contributed by atoms with Gasteiger partial charge in [0.2, 0.25) is 0 Å². The van der Waals surface area contributed by atoms with E-state index < -0.39 is 5.97 Å². The van der Waals surface area contributed by atoms with E-state index in [4.69, 9.17) is 14.6 Å². The molecule has 0 spiro atoms. The van der Waals surface area contributed by atoms with Gasteiger partial charge in [0.05, 0.1) is 18.1 Å². The van der Waals surface area contributed by atoms with Crippen LogP contribution in [0.4, 0.5) is 0 Å². The van der Waals surface area contributed by atoms with Gasteiger partial charge in [-0.2, -0.15) is 0 Å². The van der Waals surface area contributed by atoms with Gasteiger partial charge in [0.25, 0.3) is 0 Å². The number of carboxylic acid groups (broad SMARTS) is 1. The summed E-state index contributed by atoms with van der Waals surface area (Å²) >= 11 is 0. The smallest absolute Gasteiger partial charge is 0.309 e. The molecule has 0 aromatic heterocycles. The summed E-state index contributed by atoms with van der Waals surface area (Å²) in [6, 6.07) is 0. The third-order valence-corrected chi connectivity index (χ3v) is 2.45. The van der Waals surface area contributed by atoms with E-state index in [0.717, 1.165) is 6.42 Å². The van der Waals surface area contributed by atoms with E-state index in [1.54, 1.807) is 7.11 Å². The first-order valence-electron chi connectivity index (χ1n) is 4.52. The van der Waals surface area contributed by atoms with E-state index in [-0.39, 0.29) is 18.1 Å². The Morgan fingerprint density at radius 1 is 1.69 bits per heavy atom. The zero-order chi connectivity index (χ0) is 9.84. The molecule has 3 atom stereocenters. The number of hydrogen-bond acceptors (Lipinski definition) is 3. The Morgan fingerprint density at radius 2 is 2.38 bits per heavy atom. The van der Waals surface area contributed by atoms with E-state index in [0.29, 0.717) is 13.0 Å². The molecule has 1 heterocycles. The van der Waals surface area contributed by atoms with E-state index in [2.05, 4.69) is 0 Å². The summed E-state index contributed by atoms with van der Waals surface area (Å²) < 4.78 is 10.4. The second kappa shape index (κ2) is 4.58. The van der Waals surface area contributed by atoms with Gasteiger partial charge in [-0.15, -0.1) is 0 Å². The van der Waals surface area contributed by atoms with Crippen LogP contribution < -0.4 is 0 Å². The zero-order valence-corrected chi connectivity index (χ0v) is 8.03. The highest BCUT2D eigenvalue weighted by Gasteiger charge is 2.36. The van der Waals surface area contributed by atoms with Crippen LogP contribution >= 0.6 is 0 Å². The molecule has 4 heteroatoms. The standard InChI is InChI=1S/C9H16O4/c1-6-8(9(10)11)5-7(13-6)3-4-12-2/h6-8H,3-5H2,1-2H3,(H,10,11). The van der Waals surface area contributed by atoms with Gasteiger partial charge in [-0.1, -0.05) is 0 Å². The third-order valence-electron chi connectivity index (χ3n) is 2.45. The van der Waals surface area contributed by atoms with E-state index in [1.165, 1.54) is 0 Å². The van der Waals surface area contributed by atoms with Gasteiger partial charge in [0.15, 0.2) is 0 Å². The number of aliphatic carboxylic acids is 1. The predicted octanol–water partition coefficient (Wildman–Crippen LogP) is 0.901. The van der Waals surface area contributed by atoms with Crippen LogP contribution in [0.1, 0.15) is 19.8 Å². The van der Waals surface area contributed by atoms with Crippen molar-refractivity contribution in [2.24, 2.45) is 5.92 Å². The van der Waals surface area contributed by atoms with Crippen molar-refractivity contribution < 1.29 is 19.4 Å². The average Bonchev–Trinajstić information content (AvgIpc) is 2.43. The lowest BCUT2D eigenvalue weighted by molar-refractivity contribution is -0.143. The Bertz CT molecular complexity index is 180. The van der Waals surface area contributed by atoms with Crippen molar-refractivity contribution in [3.63, 3.8) is 0 Å². The van der Waals surface area contributed by atoms with Crippen molar-refractivity contribution in [2.45, 2.75) is 32.0 Å². The number of hydrogen-bond donors (Lipinski definition) is 1. The number of carbonyl (C=O) groups is 1. The summed E-state index contributed by atoms with van der Waals surface area (Å²) in [5.41, 5.74) is 0. The van der Waals surface area contributed by atoms with Gasteiger partial charge in [-0.25, -0.2) is 0 Å². The summed E-state index contributed by atoms with van der Waals surface area (Å²) in [5.74, 6) is -1.10. The topological polar surface area (TPSA) is 55.8 Å². The van der Waals surface area contributed by atoms with Crippen molar-refractivity contribution in [2.75, 3.05) is 13.7 Å². The molecule has 0 saturated carbocycles. The molecule has 0 aromatic rings. The fourth-order valence-corrected chi connectivity index (χ4v) is 1.67. The van der Waals surface area contributed by atoms with Gasteiger partial charge >= 0.3 is 5.97 Å². The maximum absolute atomic E-state index is 10.7.